The molecule has 6 heteroatoms. The van der Waals surface area contributed by atoms with Crippen LogP contribution < -0.4 is 10.6 Å². The number of piperidine rings is 1. The van der Waals surface area contributed by atoms with Crippen LogP contribution in [0.15, 0.2) is 24.3 Å². The maximum Gasteiger partial charge on any atom is 0.224 e. The summed E-state index contributed by atoms with van der Waals surface area (Å²) in [5, 5.41) is 7.46. The molecule has 1 aliphatic carbocycles. The molecule has 4 nitrogen and oxygen atoms in total. The van der Waals surface area contributed by atoms with Crippen LogP contribution in [0.1, 0.15) is 42.3 Å². The lowest BCUT2D eigenvalue weighted by Gasteiger charge is -2.27. The van der Waals surface area contributed by atoms with Crippen molar-refractivity contribution in [2.75, 3.05) is 13.1 Å². The summed E-state index contributed by atoms with van der Waals surface area (Å²) in [6.45, 7) is 1.78. The summed E-state index contributed by atoms with van der Waals surface area (Å²) in [7, 11) is 0. The number of thiazole rings is 1. The number of benzene rings is 1. The molecule has 2 aliphatic rings. The minimum atomic E-state index is -0.240. The molecule has 0 bridgehead atoms. The Morgan fingerprint density at radius 3 is 2.84 bits per heavy atom. The van der Waals surface area contributed by atoms with E-state index in [4.69, 9.17) is 4.98 Å². The molecule has 2 N–H and O–H groups in total. The van der Waals surface area contributed by atoms with Crippen LogP contribution >= 0.6 is 11.3 Å². The first-order valence-corrected chi connectivity index (χ1v) is 9.79. The van der Waals surface area contributed by atoms with E-state index in [9.17, 15) is 9.18 Å². The van der Waals surface area contributed by atoms with Crippen molar-refractivity contribution in [3.63, 3.8) is 0 Å². The van der Waals surface area contributed by atoms with Gasteiger partial charge in [0.2, 0.25) is 5.91 Å². The van der Waals surface area contributed by atoms with Crippen molar-refractivity contribution < 1.29 is 9.18 Å². The Morgan fingerprint density at radius 2 is 2.08 bits per heavy atom. The number of nitrogens with zero attached hydrogens (tertiary/aromatic N) is 1. The van der Waals surface area contributed by atoms with Crippen molar-refractivity contribution in [3.8, 4) is 10.6 Å². The molecule has 132 valence electrons. The molecular formula is C19H22FN3OS. The number of hydrogen-bond donors (Lipinski definition) is 2. The van der Waals surface area contributed by atoms with E-state index in [-0.39, 0.29) is 23.7 Å². The number of nitrogens with one attached hydrogen (secondary N) is 2. The van der Waals surface area contributed by atoms with Gasteiger partial charge >= 0.3 is 0 Å². The summed E-state index contributed by atoms with van der Waals surface area (Å²) in [6, 6.07) is 6.52. The van der Waals surface area contributed by atoms with Crippen molar-refractivity contribution in [1.29, 1.82) is 0 Å². The number of carbonyl (C=O) groups excluding carboxylic acids is 1. The molecule has 1 aromatic heterocycles. The second-order valence-corrected chi connectivity index (χ2v) is 7.86. The van der Waals surface area contributed by atoms with E-state index < -0.39 is 0 Å². The fourth-order valence-corrected chi connectivity index (χ4v) is 4.84. The third-order valence-corrected chi connectivity index (χ3v) is 6.29. The number of halogens is 1. The summed E-state index contributed by atoms with van der Waals surface area (Å²) in [6.07, 6.45) is 4.97. The highest BCUT2D eigenvalue weighted by atomic mass is 32.1. The average molecular weight is 359 g/mol. The predicted octanol–water partition coefficient (Wildman–Crippen LogP) is 3.44. The van der Waals surface area contributed by atoms with Gasteiger partial charge in [0, 0.05) is 12.1 Å². The Morgan fingerprint density at radius 1 is 1.24 bits per heavy atom. The van der Waals surface area contributed by atoms with Crippen molar-refractivity contribution in [2.45, 2.75) is 38.1 Å². The average Bonchev–Trinajstić information content (AvgIpc) is 3.08. The number of aromatic nitrogens is 1. The van der Waals surface area contributed by atoms with Crippen LogP contribution in [-0.2, 0) is 11.2 Å². The molecule has 1 amide bonds. The van der Waals surface area contributed by atoms with Gasteiger partial charge in [-0.2, -0.15) is 0 Å². The monoisotopic (exact) mass is 359 g/mol. The summed E-state index contributed by atoms with van der Waals surface area (Å²) < 4.78 is 13.1. The molecule has 0 spiro atoms. The number of aryl methyl sites for hydroxylation is 1. The van der Waals surface area contributed by atoms with Gasteiger partial charge in [0.1, 0.15) is 10.8 Å². The van der Waals surface area contributed by atoms with Crippen molar-refractivity contribution >= 4 is 17.2 Å². The van der Waals surface area contributed by atoms with Crippen LogP contribution in [0.3, 0.4) is 0 Å². The van der Waals surface area contributed by atoms with Gasteiger partial charge in [0.05, 0.1) is 22.5 Å². The second-order valence-electron chi connectivity index (χ2n) is 6.83. The SMILES string of the molecule is O=C(NC1CCCc2nc(-c3ccc(F)cc3)sc21)C1CCCNC1. The molecule has 2 atom stereocenters. The van der Waals surface area contributed by atoms with E-state index in [1.165, 1.54) is 17.0 Å². The Hall–Kier alpha value is -1.79. The molecule has 0 radical (unpaired) electrons. The maximum absolute atomic E-state index is 13.1. The zero-order valence-corrected chi connectivity index (χ0v) is 14.9. The Kier molecular flexibility index (Phi) is 4.81. The van der Waals surface area contributed by atoms with Crippen molar-refractivity contribution in [2.24, 2.45) is 5.92 Å². The van der Waals surface area contributed by atoms with E-state index in [1.807, 2.05) is 0 Å². The number of amides is 1. The molecule has 2 heterocycles. The largest absolute Gasteiger partial charge is 0.348 e. The molecule has 1 aromatic carbocycles. The third-order valence-electron chi connectivity index (χ3n) is 5.03. The highest BCUT2D eigenvalue weighted by molar-refractivity contribution is 7.15. The highest BCUT2D eigenvalue weighted by Crippen LogP contribution is 2.38. The van der Waals surface area contributed by atoms with Gasteiger partial charge in [-0.1, -0.05) is 0 Å². The summed E-state index contributed by atoms with van der Waals surface area (Å²) in [5.74, 6) is -0.0123. The lowest BCUT2D eigenvalue weighted by Crippen LogP contribution is -2.42. The van der Waals surface area contributed by atoms with Crippen LogP contribution in [0.5, 0.6) is 0 Å². The summed E-state index contributed by atoms with van der Waals surface area (Å²) >= 11 is 1.63. The number of rotatable bonds is 3. The van der Waals surface area contributed by atoms with Crippen LogP contribution in [0, 0.1) is 11.7 Å². The number of hydrogen-bond acceptors (Lipinski definition) is 4. The Labute approximate surface area is 150 Å². The van der Waals surface area contributed by atoms with Crippen molar-refractivity contribution in [1.82, 2.24) is 15.6 Å². The zero-order valence-electron chi connectivity index (χ0n) is 14.1. The van der Waals surface area contributed by atoms with Gasteiger partial charge in [0.15, 0.2) is 0 Å². The Balaban J connectivity index is 1.53. The molecule has 0 saturated carbocycles. The van der Waals surface area contributed by atoms with E-state index in [0.717, 1.165) is 61.5 Å². The summed E-state index contributed by atoms with van der Waals surface area (Å²) in [5.41, 5.74) is 2.02. The molecule has 1 fully saturated rings. The van der Waals surface area contributed by atoms with Gasteiger partial charge < -0.3 is 10.6 Å². The third kappa shape index (κ3) is 3.60. The van der Waals surface area contributed by atoms with Gasteiger partial charge in [-0.3, -0.25) is 4.79 Å². The van der Waals surface area contributed by atoms with E-state index in [2.05, 4.69) is 10.6 Å². The lowest BCUT2D eigenvalue weighted by atomic mass is 9.95. The van der Waals surface area contributed by atoms with Gasteiger partial charge in [0.25, 0.3) is 0 Å². The standard InChI is InChI=1S/C19H22FN3OS/c20-14-8-6-12(7-9-14)19-23-16-5-1-4-15(17(16)25-19)22-18(24)13-3-2-10-21-11-13/h6-9,13,15,21H,1-5,10-11H2,(H,22,24). The first-order valence-electron chi connectivity index (χ1n) is 8.97. The molecule has 2 aromatic rings. The first-order chi connectivity index (χ1) is 12.2. The fourth-order valence-electron chi connectivity index (χ4n) is 3.64. The van der Waals surface area contributed by atoms with Gasteiger partial charge in [-0.05, 0) is 62.9 Å². The van der Waals surface area contributed by atoms with Crippen molar-refractivity contribution in [3.05, 3.63) is 40.7 Å². The predicted molar refractivity (Wildman–Crippen MR) is 96.9 cm³/mol. The molecule has 1 saturated heterocycles. The minimum Gasteiger partial charge on any atom is -0.348 e. The number of fused-ring (bicyclic) bond motifs is 1. The summed E-state index contributed by atoms with van der Waals surface area (Å²) in [4.78, 5) is 18.5. The maximum atomic E-state index is 13.1. The molecule has 4 rings (SSSR count). The Bertz CT molecular complexity index is 753. The smallest absolute Gasteiger partial charge is 0.224 e. The quantitative estimate of drug-likeness (QED) is 0.883. The van der Waals surface area contributed by atoms with Crippen LogP contribution in [0.4, 0.5) is 4.39 Å². The van der Waals surface area contributed by atoms with Crippen LogP contribution in [-0.4, -0.2) is 24.0 Å². The lowest BCUT2D eigenvalue weighted by molar-refractivity contribution is -0.126. The van der Waals surface area contributed by atoms with Crippen LogP contribution in [0.2, 0.25) is 0 Å². The first kappa shape index (κ1) is 16.7. The fraction of sp³-hybridized carbons (Fsp3) is 0.474. The molecule has 1 aliphatic heterocycles. The molecule has 25 heavy (non-hydrogen) atoms. The van der Waals surface area contributed by atoms with E-state index in [1.54, 1.807) is 23.5 Å². The van der Waals surface area contributed by atoms with E-state index in [0.29, 0.717) is 0 Å². The number of carbonyl (C=O) groups is 1. The highest BCUT2D eigenvalue weighted by Gasteiger charge is 2.29. The van der Waals surface area contributed by atoms with Gasteiger partial charge in [-0.15, -0.1) is 11.3 Å². The zero-order chi connectivity index (χ0) is 17.2. The molecular weight excluding hydrogens is 337 g/mol. The molecule has 2 unspecified atom stereocenters. The minimum absolute atomic E-state index is 0.0601. The normalized spacial score (nSPS) is 23.1. The second kappa shape index (κ2) is 7.22. The topological polar surface area (TPSA) is 54.0 Å². The van der Waals surface area contributed by atoms with Crippen LogP contribution in [0.25, 0.3) is 10.6 Å². The van der Waals surface area contributed by atoms with E-state index >= 15 is 0 Å². The van der Waals surface area contributed by atoms with Gasteiger partial charge in [-0.25, -0.2) is 9.37 Å².